The first-order chi connectivity index (χ1) is 15.6. The van der Waals surface area contributed by atoms with Crippen LogP contribution >= 0.6 is 0 Å². The highest BCUT2D eigenvalue weighted by Gasteiger charge is 2.27. The molecule has 3 heterocycles. The van der Waals surface area contributed by atoms with Crippen molar-refractivity contribution in [2.75, 3.05) is 0 Å². The SMILES string of the molecule is Cc1c2ccccc2cc2oc3c(C)c4c(c5ccn(C)c(c12)c35)c1ccccc1[n+]4C. The van der Waals surface area contributed by atoms with Gasteiger partial charge in [-0.2, -0.15) is 4.57 Å². The second-order valence-electron chi connectivity index (χ2n) is 9.02. The molecule has 7 rings (SSSR count). The van der Waals surface area contributed by atoms with Crippen LogP contribution in [0.25, 0.3) is 65.4 Å². The van der Waals surface area contributed by atoms with E-state index >= 15 is 0 Å². The van der Waals surface area contributed by atoms with Gasteiger partial charge in [-0.1, -0.05) is 36.4 Å². The van der Waals surface area contributed by atoms with Crippen LogP contribution in [0.1, 0.15) is 11.1 Å². The molecular formula is C29H23N2O+. The Hall–Kier alpha value is -3.85. The average molecular weight is 416 g/mol. The Morgan fingerprint density at radius 2 is 1.53 bits per heavy atom. The van der Waals surface area contributed by atoms with E-state index in [1.165, 1.54) is 65.4 Å². The molecule has 0 unspecified atom stereocenters. The summed E-state index contributed by atoms with van der Waals surface area (Å²) in [5.41, 5.74) is 8.11. The molecule has 0 saturated heterocycles. The van der Waals surface area contributed by atoms with Crippen LogP contribution in [-0.2, 0) is 14.1 Å². The van der Waals surface area contributed by atoms with Crippen LogP contribution in [0.5, 0.6) is 0 Å². The Bertz CT molecular complexity index is 1920. The van der Waals surface area contributed by atoms with Crippen LogP contribution in [0.2, 0.25) is 0 Å². The van der Waals surface area contributed by atoms with E-state index in [1.807, 2.05) is 0 Å². The van der Waals surface area contributed by atoms with Crippen molar-refractivity contribution in [3.05, 3.63) is 78.0 Å². The number of rotatable bonds is 0. The Morgan fingerprint density at radius 3 is 2.38 bits per heavy atom. The fourth-order valence-electron chi connectivity index (χ4n) is 5.90. The summed E-state index contributed by atoms with van der Waals surface area (Å²) in [6.07, 6.45) is 2.20. The maximum atomic E-state index is 6.76. The van der Waals surface area contributed by atoms with E-state index in [4.69, 9.17) is 4.42 Å². The van der Waals surface area contributed by atoms with E-state index in [1.54, 1.807) is 0 Å². The van der Waals surface area contributed by atoms with Gasteiger partial charge >= 0.3 is 0 Å². The van der Waals surface area contributed by atoms with Gasteiger partial charge in [-0.25, -0.2) is 0 Å². The number of fused-ring (bicyclic) bond motifs is 7. The van der Waals surface area contributed by atoms with E-state index in [9.17, 15) is 0 Å². The van der Waals surface area contributed by atoms with Gasteiger partial charge < -0.3 is 8.98 Å². The van der Waals surface area contributed by atoms with Crippen LogP contribution in [0.4, 0.5) is 0 Å². The van der Waals surface area contributed by atoms with Gasteiger partial charge in [0, 0.05) is 30.1 Å². The molecule has 0 N–H and O–H groups in total. The van der Waals surface area contributed by atoms with Crippen molar-refractivity contribution in [3.63, 3.8) is 0 Å². The molecule has 0 amide bonds. The van der Waals surface area contributed by atoms with Gasteiger partial charge in [0.1, 0.15) is 18.2 Å². The number of benzene rings is 4. The summed E-state index contributed by atoms with van der Waals surface area (Å²) in [6, 6.07) is 21.7. The van der Waals surface area contributed by atoms with E-state index in [-0.39, 0.29) is 0 Å². The standard InChI is InChI=1S/C29H23N2O/c1-16-19-10-6-5-9-18(19)15-23-24(16)28-26-21(13-14-30(28)3)25-20-11-7-8-12-22(20)31(4)27(25)17(2)29(26)32-23/h5-15H,1-4H3/q+1. The first-order valence-corrected chi connectivity index (χ1v) is 11.1. The van der Waals surface area contributed by atoms with Crippen LogP contribution in [0.3, 0.4) is 0 Å². The first kappa shape index (κ1) is 17.8. The van der Waals surface area contributed by atoms with Crippen LogP contribution in [-0.4, -0.2) is 4.57 Å². The minimum absolute atomic E-state index is 0.943. The lowest BCUT2D eigenvalue weighted by molar-refractivity contribution is -0.616. The Balaban J connectivity index is 1.88. The summed E-state index contributed by atoms with van der Waals surface area (Å²) in [5.74, 6) is 0. The average Bonchev–Trinajstić information content (AvgIpc) is 3.11. The smallest absolute Gasteiger partial charge is 0.220 e. The third kappa shape index (κ3) is 1.99. The number of para-hydroxylation sites is 1. The molecule has 7 aromatic rings. The highest BCUT2D eigenvalue weighted by molar-refractivity contribution is 6.29. The van der Waals surface area contributed by atoms with Crippen LogP contribution < -0.4 is 4.57 Å². The molecule has 0 aliphatic heterocycles. The summed E-state index contributed by atoms with van der Waals surface area (Å²) in [4.78, 5) is 0. The number of aryl methyl sites for hydroxylation is 4. The zero-order valence-corrected chi connectivity index (χ0v) is 18.7. The summed E-state index contributed by atoms with van der Waals surface area (Å²) in [5, 5.41) is 8.75. The molecule has 0 radical (unpaired) electrons. The summed E-state index contributed by atoms with van der Waals surface area (Å²) < 4.78 is 11.3. The van der Waals surface area contributed by atoms with Gasteiger partial charge in [0.2, 0.25) is 11.0 Å². The Kier molecular flexibility index (Phi) is 3.27. The fraction of sp³-hybridized carbons (Fsp3) is 0.138. The Labute approximate surface area is 185 Å². The molecule has 0 saturated carbocycles. The van der Waals surface area contributed by atoms with Gasteiger partial charge in [0.25, 0.3) is 0 Å². The molecule has 154 valence electrons. The molecule has 0 aliphatic rings. The van der Waals surface area contributed by atoms with Gasteiger partial charge in [-0.15, -0.1) is 0 Å². The number of aromatic nitrogens is 2. The molecule has 0 bridgehead atoms. The molecule has 0 fully saturated rings. The van der Waals surface area contributed by atoms with Crippen molar-refractivity contribution in [1.29, 1.82) is 0 Å². The second-order valence-corrected chi connectivity index (χ2v) is 9.02. The molecule has 0 atom stereocenters. The van der Waals surface area contributed by atoms with E-state index < -0.39 is 0 Å². The van der Waals surface area contributed by atoms with Gasteiger partial charge in [0.15, 0.2) is 0 Å². The normalized spacial score (nSPS) is 12.4. The van der Waals surface area contributed by atoms with E-state index in [0.29, 0.717) is 0 Å². The predicted molar refractivity (Wildman–Crippen MR) is 133 cm³/mol. The van der Waals surface area contributed by atoms with Gasteiger partial charge in [0.05, 0.1) is 27.2 Å². The highest BCUT2D eigenvalue weighted by atomic mass is 16.3. The van der Waals surface area contributed by atoms with Crippen LogP contribution in [0.15, 0.2) is 71.3 Å². The van der Waals surface area contributed by atoms with Gasteiger partial charge in [-0.3, -0.25) is 0 Å². The quantitative estimate of drug-likeness (QED) is 0.149. The summed E-state index contributed by atoms with van der Waals surface area (Å²) in [7, 11) is 4.30. The second kappa shape index (κ2) is 5.89. The summed E-state index contributed by atoms with van der Waals surface area (Å²) in [6.45, 7) is 4.42. The molecule has 0 aliphatic carbocycles. The van der Waals surface area contributed by atoms with Crippen molar-refractivity contribution in [3.8, 4) is 0 Å². The van der Waals surface area contributed by atoms with Crippen molar-refractivity contribution < 1.29 is 8.98 Å². The molecule has 32 heavy (non-hydrogen) atoms. The molecule has 4 aromatic carbocycles. The molecule has 3 aromatic heterocycles. The number of hydrogen-bond donors (Lipinski definition) is 0. The van der Waals surface area contributed by atoms with Crippen molar-refractivity contribution >= 4 is 65.4 Å². The molecule has 3 heteroatoms. The van der Waals surface area contributed by atoms with Crippen molar-refractivity contribution in [2.24, 2.45) is 14.1 Å². The summed E-state index contributed by atoms with van der Waals surface area (Å²) >= 11 is 0. The lowest BCUT2D eigenvalue weighted by Crippen LogP contribution is -2.27. The Morgan fingerprint density at radius 1 is 0.781 bits per heavy atom. The van der Waals surface area contributed by atoms with Gasteiger partial charge in [-0.05, 0) is 48.4 Å². The van der Waals surface area contributed by atoms with Crippen LogP contribution in [0, 0.1) is 13.8 Å². The number of pyridine rings is 1. The monoisotopic (exact) mass is 415 g/mol. The lowest BCUT2D eigenvalue weighted by atomic mass is 9.95. The molecular weight excluding hydrogens is 392 g/mol. The zero-order valence-electron chi connectivity index (χ0n) is 18.7. The zero-order chi connectivity index (χ0) is 21.7. The fourth-order valence-corrected chi connectivity index (χ4v) is 5.90. The third-order valence-corrected chi connectivity index (χ3v) is 7.34. The molecule has 0 spiro atoms. The van der Waals surface area contributed by atoms with Crippen molar-refractivity contribution in [1.82, 2.24) is 4.57 Å². The topological polar surface area (TPSA) is 21.9 Å². The lowest BCUT2D eigenvalue weighted by Gasteiger charge is -2.17. The van der Waals surface area contributed by atoms with Crippen molar-refractivity contribution in [2.45, 2.75) is 13.8 Å². The maximum absolute atomic E-state index is 6.76. The molecule has 3 nitrogen and oxygen atoms in total. The maximum Gasteiger partial charge on any atom is 0.220 e. The number of nitrogens with zero attached hydrogens (tertiary/aromatic N) is 2. The third-order valence-electron chi connectivity index (χ3n) is 7.34. The highest BCUT2D eigenvalue weighted by Crippen LogP contribution is 2.43. The minimum atomic E-state index is 0.943. The van der Waals surface area contributed by atoms with E-state index in [0.717, 1.165) is 11.2 Å². The van der Waals surface area contributed by atoms with E-state index in [2.05, 4.69) is 104 Å². The minimum Gasteiger partial charge on any atom is -0.455 e. The first-order valence-electron chi connectivity index (χ1n) is 11.1. The number of hydrogen-bond acceptors (Lipinski definition) is 1. The largest absolute Gasteiger partial charge is 0.455 e. The predicted octanol–water partition coefficient (Wildman–Crippen LogP) is 6.98.